The number of anilines is 1. The molecule has 1 aromatic heterocycles. The molecule has 0 aliphatic carbocycles. The van der Waals surface area contributed by atoms with E-state index in [0.717, 1.165) is 0 Å². The smallest absolute Gasteiger partial charge is 0.339 e. The van der Waals surface area contributed by atoms with Crippen LogP contribution >= 0.6 is 11.8 Å². The van der Waals surface area contributed by atoms with Crippen molar-refractivity contribution >= 4 is 29.3 Å². The maximum Gasteiger partial charge on any atom is 0.339 e. The van der Waals surface area contributed by atoms with E-state index < -0.39 is 5.97 Å². The highest BCUT2D eigenvalue weighted by molar-refractivity contribution is 7.99. The second-order valence-corrected chi connectivity index (χ2v) is 6.64. The van der Waals surface area contributed by atoms with Crippen molar-refractivity contribution in [1.29, 1.82) is 0 Å². The zero-order valence-corrected chi connectivity index (χ0v) is 14.6. The largest absolute Gasteiger partial charge is 0.465 e. The minimum absolute atomic E-state index is 0.122. The molecule has 1 aromatic carbocycles. The number of ether oxygens (including phenoxy) is 1. The van der Waals surface area contributed by atoms with Crippen molar-refractivity contribution < 1.29 is 14.3 Å². The van der Waals surface area contributed by atoms with Crippen molar-refractivity contribution in [3.63, 3.8) is 0 Å². The number of hydrogen-bond donors (Lipinski definition) is 1. The van der Waals surface area contributed by atoms with E-state index in [-0.39, 0.29) is 29.5 Å². The first kappa shape index (κ1) is 17.2. The standard InChI is InChI=1S/C17H17N3O4S/c1-10-8-18-17-20(15(10)22)11(9-25-17)7-14(21)19-13-6-4-3-5-12(13)16(23)24-2/h3-6,8,11H,7,9H2,1-2H3,(H,19,21). The van der Waals surface area contributed by atoms with Crippen molar-refractivity contribution in [2.24, 2.45) is 0 Å². The molecule has 1 amide bonds. The molecule has 0 spiro atoms. The molecule has 7 nitrogen and oxygen atoms in total. The second kappa shape index (κ2) is 7.10. The van der Waals surface area contributed by atoms with E-state index in [1.807, 2.05) is 0 Å². The van der Waals surface area contributed by atoms with Gasteiger partial charge in [0.25, 0.3) is 5.56 Å². The topological polar surface area (TPSA) is 90.3 Å². The molecule has 130 valence electrons. The number of amides is 1. The number of nitrogens with zero attached hydrogens (tertiary/aromatic N) is 2. The summed E-state index contributed by atoms with van der Waals surface area (Å²) in [7, 11) is 1.29. The number of fused-ring (bicyclic) bond motifs is 1. The van der Waals surface area contributed by atoms with Gasteiger partial charge in [-0.15, -0.1) is 0 Å². The Kier molecular flexibility index (Phi) is 4.89. The van der Waals surface area contributed by atoms with Gasteiger partial charge in [-0.1, -0.05) is 23.9 Å². The monoisotopic (exact) mass is 359 g/mol. The Morgan fingerprint density at radius 2 is 2.16 bits per heavy atom. The summed E-state index contributed by atoms with van der Waals surface area (Å²) in [6, 6.07) is 6.38. The number of thioether (sulfide) groups is 1. The van der Waals surface area contributed by atoms with Gasteiger partial charge < -0.3 is 10.1 Å². The summed E-state index contributed by atoms with van der Waals surface area (Å²) in [5.74, 6) is -0.186. The molecule has 0 saturated heterocycles. The number of carbonyl (C=O) groups is 2. The SMILES string of the molecule is COC(=O)c1ccccc1NC(=O)CC1CSc2ncc(C)c(=O)n21. The second-order valence-electron chi connectivity index (χ2n) is 5.65. The maximum atomic E-state index is 12.4. The van der Waals surface area contributed by atoms with Gasteiger partial charge in [-0.25, -0.2) is 9.78 Å². The average molecular weight is 359 g/mol. The van der Waals surface area contributed by atoms with Crippen LogP contribution in [0.25, 0.3) is 0 Å². The Balaban J connectivity index is 1.77. The lowest BCUT2D eigenvalue weighted by Crippen LogP contribution is -2.29. The Bertz CT molecular complexity index is 894. The number of carbonyl (C=O) groups excluding carboxylic acids is 2. The van der Waals surface area contributed by atoms with Gasteiger partial charge in [-0.05, 0) is 19.1 Å². The molecule has 1 atom stereocenters. The average Bonchev–Trinajstić information content (AvgIpc) is 3.01. The van der Waals surface area contributed by atoms with Crippen LogP contribution in [0.1, 0.15) is 28.4 Å². The number of benzene rings is 1. The molecule has 3 rings (SSSR count). The van der Waals surface area contributed by atoms with Gasteiger partial charge in [0.05, 0.1) is 24.4 Å². The fourth-order valence-electron chi connectivity index (χ4n) is 2.67. The highest BCUT2D eigenvalue weighted by Gasteiger charge is 2.28. The number of nitrogens with one attached hydrogen (secondary N) is 1. The number of para-hydroxylation sites is 1. The fourth-order valence-corrected chi connectivity index (χ4v) is 3.77. The van der Waals surface area contributed by atoms with Crippen LogP contribution in [0.3, 0.4) is 0 Å². The summed E-state index contributed by atoms with van der Waals surface area (Å²) < 4.78 is 6.30. The lowest BCUT2D eigenvalue weighted by atomic mass is 10.1. The summed E-state index contributed by atoms with van der Waals surface area (Å²) in [5, 5.41) is 3.36. The number of methoxy groups -OCH3 is 1. The molecule has 0 radical (unpaired) electrons. The van der Waals surface area contributed by atoms with E-state index in [1.165, 1.54) is 18.9 Å². The normalized spacial score (nSPS) is 15.5. The summed E-state index contributed by atoms with van der Waals surface area (Å²) in [5.41, 5.74) is 1.10. The van der Waals surface area contributed by atoms with Crippen LogP contribution in [0.15, 0.2) is 40.4 Å². The van der Waals surface area contributed by atoms with Crippen molar-refractivity contribution in [1.82, 2.24) is 9.55 Å². The predicted molar refractivity (Wildman–Crippen MR) is 94.0 cm³/mol. The van der Waals surface area contributed by atoms with Gasteiger partial charge in [0.2, 0.25) is 5.91 Å². The molecule has 8 heteroatoms. The van der Waals surface area contributed by atoms with Crippen molar-refractivity contribution in [2.45, 2.75) is 24.5 Å². The van der Waals surface area contributed by atoms with E-state index >= 15 is 0 Å². The molecular formula is C17H17N3O4S. The molecule has 0 bridgehead atoms. The summed E-state index contributed by atoms with van der Waals surface area (Å²) in [6.45, 7) is 1.70. The Morgan fingerprint density at radius 1 is 1.40 bits per heavy atom. The third-order valence-electron chi connectivity index (χ3n) is 3.93. The summed E-state index contributed by atoms with van der Waals surface area (Å²) in [6.07, 6.45) is 1.68. The molecule has 0 fully saturated rings. The minimum Gasteiger partial charge on any atom is -0.465 e. The maximum absolute atomic E-state index is 12.4. The lowest BCUT2D eigenvalue weighted by molar-refractivity contribution is -0.116. The molecular weight excluding hydrogens is 342 g/mol. The Hall–Kier alpha value is -2.61. The molecule has 1 unspecified atom stereocenters. The van der Waals surface area contributed by atoms with Gasteiger partial charge in [0.1, 0.15) is 0 Å². The van der Waals surface area contributed by atoms with E-state index in [2.05, 4.69) is 10.3 Å². The molecule has 2 heterocycles. The Labute approximate surface area is 148 Å². The Morgan fingerprint density at radius 3 is 2.92 bits per heavy atom. The third-order valence-corrected chi connectivity index (χ3v) is 5.04. The summed E-state index contributed by atoms with van der Waals surface area (Å²) in [4.78, 5) is 40.8. The molecule has 25 heavy (non-hydrogen) atoms. The number of rotatable bonds is 4. The van der Waals surface area contributed by atoms with E-state index in [0.29, 0.717) is 22.2 Å². The highest BCUT2D eigenvalue weighted by atomic mass is 32.2. The molecule has 0 saturated carbocycles. The van der Waals surface area contributed by atoms with E-state index in [9.17, 15) is 14.4 Å². The zero-order chi connectivity index (χ0) is 18.0. The first-order valence-electron chi connectivity index (χ1n) is 7.69. The molecule has 1 aliphatic heterocycles. The summed E-state index contributed by atoms with van der Waals surface area (Å²) >= 11 is 1.46. The zero-order valence-electron chi connectivity index (χ0n) is 13.8. The molecule has 2 aromatic rings. The van der Waals surface area contributed by atoms with Crippen LogP contribution < -0.4 is 10.9 Å². The van der Waals surface area contributed by atoms with E-state index in [4.69, 9.17) is 4.74 Å². The van der Waals surface area contributed by atoms with E-state index in [1.54, 1.807) is 42.0 Å². The van der Waals surface area contributed by atoms with Crippen molar-refractivity contribution in [2.75, 3.05) is 18.2 Å². The number of aryl methyl sites for hydroxylation is 1. The molecule has 1 N–H and O–H groups in total. The quantitative estimate of drug-likeness (QED) is 0.663. The van der Waals surface area contributed by atoms with Gasteiger partial charge >= 0.3 is 5.97 Å². The predicted octanol–water partition coefficient (Wildman–Crippen LogP) is 2.01. The van der Waals surface area contributed by atoms with Crippen LogP contribution in [0.5, 0.6) is 0 Å². The fraction of sp³-hybridized carbons (Fsp3) is 0.294. The van der Waals surface area contributed by atoms with Gasteiger partial charge in [0.15, 0.2) is 5.16 Å². The first-order chi connectivity index (χ1) is 12.0. The first-order valence-corrected chi connectivity index (χ1v) is 8.68. The van der Waals surface area contributed by atoms with Crippen LogP contribution in [0.2, 0.25) is 0 Å². The van der Waals surface area contributed by atoms with Crippen LogP contribution in [-0.4, -0.2) is 34.3 Å². The van der Waals surface area contributed by atoms with Crippen LogP contribution in [0, 0.1) is 6.92 Å². The van der Waals surface area contributed by atoms with Gasteiger partial charge in [-0.2, -0.15) is 0 Å². The van der Waals surface area contributed by atoms with Gasteiger partial charge in [-0.3, -0.25) is 14.2 Å². The number of esters is 1. The third kappa shape index (κ3) is 3.43. The van der Waals surface area contributed by atoms with Gasteiger partial charge in [0, 0.05) is 23.9 Å². The number of aromatic nitrogens is 2. The number of hydrogen-bond acceptors (Lipinski definition) is 6. The van der Waals surface area contributed by atoms with Crippen LogP contribution in [-0.2, 0) is 9.53 Å². The van der Waals surface area contributed by atoms with Crippen molar-refractivity contribution in [3.05, 3.63) is 51.9 Å². The lowest BCUT2D eigenvalue weighted by Gasteiger charge is -2.14. The highest BCUT2D eigenvalue weighted by Crippen LogP contribution is 2.32. The minimum atomic E-state index is -0.520. The van der Waals surface area contributed by atoms with Crippen molar-refractivity contribution in [3.8, 4) is 0 Å². The molecule has 1 aliphatic rings. The van der Waals surface area contributed by atoms with Crippen LogP contribution in [0.4, 0.5) is 5.69 Å².